The molecule has 0 radical (unpaired) electrons. The summed E-state index contributed by atoms with van der Waals surface area (Å²) in [6.45, 7) is 15.1. The number of hydrogen-bond donors (Lipinski definition) is 2. The van der Waals surface area contributed by atoms with Crippen molar-refractivity contribution in [2.45, 2.75) is 66.5 Å². The fourth-order valence-corrected chi connectivity index (χ4v) is 3.71. The molecule has 1 aromatic carbocycles. The van der Waals surface area contributed by atoms with Crippen LogP contribution in [0.25, 0.3) is 0 Å². The van der Waals surface area contributed by atoms with E-state index in [-0.39, 0.29) is 0 Å². The van der Waals surface area contributed by atoms with Crippen LogP contribution in [0.15, 0.2) is 33.7 Å². The number of rotatable bonds is 7. The minimum absolute atomic E-state index is 0.295. The summed E-state index contributed by atoms with van der Waals surface area (Å²) in [5.74, 6) is 2.29. The molecule has 1 aliphatic heterocycles. The molecule has 1 aliphatic rings. The highest BCUT2D eigenvalue weighted by Gasteiger charge is 2.21. The van der Waals surface area contributed by atoms with Gasteiger partial charge in [0.05, 0.1) is 31.0 Å². The van der Waals surface area contributed by atoms with Gasteiger partial charge >= 0.3 is 0 Å². The maximum absolute atomic E-state index is 5.82. The molecule has 0 bridgehead atoms. The minimum Gasteiger partial charge on any atom is -0.444 e. The maximum Gasteiger partial charge on any atom is 0.214 e. The zero-order chi connectivity index (χ0) is 21.5. The molecule has 0 aliphatic carbocycles. The second-order valence-electron chi connectivity index (χ2n) is 8.07. The average molecular weight is 414 g/mol. The van der Waals surface area contributed by atoms with Gasteiger partial charge in [-0.05, 0) is 45.7 Å². The first kappa shape index (κ1) is 22.3. The smallest absolute Gasteiger partial charge is 0.214 e. The second-order valence-corrected chi connectivity index (χ2v) is 8.07. The first-order chi connectivity index (χ1) is 14.4. The van der Waals surface area contributed by atoms with Gasteiger partial charge in [0.25, 0.3) is 0 Å². The van der Waals surface area contributed by atoms with E-state index in [1.165, 1.54) is 11.1 Å². The zero-order valence-electron chi connectivity index (χ0n) is 18.9. The summed E-state index contributed by atoms with van der Waals surface area (Å²) in [6, 6.07) is 8.73. The topological polar surface area (TPSA) is 74.9 Å². The number of nitrogens with zero attached hydrogens (tertiary/aromatic N) is 3. The van der Waals surface area contributed by atoms with Crippen molar-refractivity contribution in [3.05, 3.63) is 52.7 Å². The van der Waals surface area contributed by atoms with E-state index >= 15 is 0 Å². The van der Waals surface area contributed by atoms with E-state index in [9.17, 15) is 0 Å². The first-order valence-electron chi connectivity index (χ1n) is 10.8. The highest BCUT2D eigenvalue weighted by molar-refractivity contribution is 5.79. The lowest BCUT2D eigenvalue weighted by atomic mass is 10.1. The van der Waals surface area contributed by atoms with Crippen LogP contribution in [0.1, 0.15) is 49.2 Å². The van der Waals surface area contributed by atoms with E-state index in [0.29, 0.717) is 31.2 Å². The van der Waals surface area contributed by atoms with Gasteiger partial charge in [0, 0.05) is 26.2 Å². The summed E-state index contributed by atoms with van der Waals surface area (Å²) in [4.78, 5) is 11.6. The number of morpholine rings is 1. The van der Waals surface area contributed by atoms with Crippen molar-refractivity contribution in [3.8, 4) is 0 Å². The molecule has 7 nitrogen and oxygen atoms in total. The maximum atomic E-state index is 5.82. The van der Waals surface area contributed by atoms with Crippen LogP contribution in [-0.2, 0) is 24.4 Å². The Balaban J connectivity index is 1.53. The SMILES string of the molecule is CCNC(=NCc1ccc(CN2CC(C)OC(C)C2)cc1)NCc1nc(C)c(C)o1. The molecule has 7 heteroatoms. The third kappa shape index (κ3) is 6.57. The van der Waals surface area contributed by atoms with Gasteiger partial charge in [0.15, 0.2) is 5.96 Å². The lowest BCUT2D eigenvalue weighted by molar-refractivity contribution is -0.0704. The van der Waals surface area contributed by atoms with Crippen molar-refractivity contribution < 1.29 is 9.15 Å². The second kappa shape index (κ2) is 10.6. The first-order valence-corrected chi connectivity index (χ1v) is 10.8. The summed E-state index contributed by atoms with van der Waals surface area (Å²) in [5.41, 5.74) is 3.43. The van der Waals surface area contributed by atoms with E-state index in [4.69, 9.17) is 14.1 Å². The van der Waals surface area contributed by atoms with Crippen LogP contribution in [0.3, 0.4) is 0 Å². The Kier molecular flexibility index (Phi) is 7.87. The molecule has 2 unspecified atom stereocenters. The summed E-state index contributed by atoms with van der Waals surface area (Å²) in [7, 11) is 0. The Morgan fingerprint density at radius 1 is 1.10 bits per heavy atom. The van der Waals surface area contributed by atoms with Crippen LogP contribution in [0.4, 0.5) is 0 Å². The highest BCUT2D eigenvalue weighted by atomic mass is 16.5. The van der Waals surface area contributed by atoms with Crippen LogP contribution < -0.4 is 10.6 Å². The van der Waals surface area contributed by atoms with Crippen molar-refractivity contribution >= 4 is 5.96 Å². The molecule has 164 valence electrons. The number of ether oxygens (including phenoxy) is 1. The molecule has 1 fully saturated rings. The molecular formula is C23H35N5O2. The number of aromatic nitrogens is 1. The predicted molar refractivity (Wildman–Crippen MR) is 119 cm³/mol. The van der Waals surface area contributed by atoms with Crippen molar-refractivity contribution in [1.29, 1.82) is 0 Å². The Morgan fingerprint density at radius 3 is 2.37 bits per heavy atom. The number of nitrogens with one attached hydrogen (secondary N) is 2. The largest absolute Gasteiger partial charge is 0.444 e. The Labute approximate surface area is 179 Å². The number of guanidine groups is 1. The summed E-state index contributed by atoms with van der Waals surface area (Å²) in [5, 5.41) is 6.55. The summed E-state index contributed by atoms with van der Waals surface area (Å²) < 4.78 is 11.5. The number of aliphatic imine (C=N–C) groups is 1. The Bertz CT molecular complexity index is 801. The van der Waals surface area contributed by atoms with Crippen LogP contribution >= 0.6 is 0 Å². The quantitative estimate of drug-likeness (QED) is 0.537. The van der Waals surface area contributed by atoms with E-state index in [1.54, 1.807) is 0 Å². The molecule has 2 atom stereocenters. The van der Waals surface area contributed by atoms with Gasteiger partial charge in [-0.3, -0.25) is 4.90 Å². The van der Waals surface area contributed by atoms with Crippen molar-refractivity contribution in [1.82, 2.24) is 20.5 Å². The number of oxazole rings is 1. The molecule has 0 amide bonds. The fraction of sp³-hybridized carbons (Fsp3) is 0.565. The third-order valence-electron chi connectivity index (χ3n) is 5.17. The van der Waals surface area contributed by atoms with Gasteiger partial charge in [-0.2, -0.15) is 0 Å². The Morgan fingerprint density at radius 2 is 1.77 bits per heavy atom. The highest BCUT2D eigenvalue weighted by Crippen LogP contribution is 2.15. The molecule has 30 heavy (non-hydrogen) atoms. The van der Waals surface area contributed by atoms with Crippen molar-refractivity contribution in [3.63, 3.8) is 0 Å². The molecular weight excluding hydrogens is 378 g/mol. The van der Waals surface area contributed by atoms with E-state index < -0.39 is 0 Å². The van der Waals surface area contributed by atoms with Gasteiger partial charge in [-0.15, -0.1) is 0 Å². The van der Waals surface area contributed by atoms with Crippen LogP contribution in [0.2, 0.25) is 0 Å². The van der Waals surface area contributed by atoms with Gasteiger partial charge in [0.2, 0.25) is 5.89 Å². The molecule has 3 rings (SSSR count). The standard InChI is InChI=1S/C23H35N5O2/c1-6-24-23(26-12-22-27-18(4)19(5)30-22)25-11-20-7-9-21(10-8-20)15-28-13-16(2)29-17(3)14-28/h7-10,16-17H,6,11-15H2,1-5H3,(H2,24,25,26). The zero-order valence-corrected chi connectivity index (χ0v) is 18.9. The van der Waals surface area contributed by atoms with E-state index in [1.807, 2.05) is 13.8 Å². The molecule has 2 N–H and O–H groups in total. The lowest BCUT2D eigenvalue weighted by Crippen LogP contribution is -2.44. The molecule has 0 spiro atoms. The molecule has 2 aromatic rings. The van der Waals surface area contributed by atoms with E-state index in [0.717, 1.165) is 43.6 Å². The summed E-state index contributed by atoms with van der Waals surface area (Å²) in [6.07, 6.45) is 0.590. The van der Waals surface area contributed by atoms with Crippen molar-refractivity contribution in [2.24, 2.45) is 4.99 Å². The van der Waals surface area contributed by atoms with Gasteiger partial charge < -0.3 is 19.8 Å². The molecule has 1 saturated heterocycles. The minimum atomic E-state index is 0.295. The monoisotopic (exact) mass is 413 g/mol. The molecule has 0 saturated carbocycles. The lowest BCUT2D eigenvalue weighted by Gasteiger charge is -2.35. The summed E-state index contributed by atoms with van der Waals surface area (Å²) >= 11 is 0. The number of hydrogen-bond acceptors (Lipinski definition) is 5. The van der Waals surface area contributed by atoms with Crippen molar-refractivity contribution in [2.75, 3.05) is 19.6 Å². The predicted octanol–water partition coefficient (Wildman–Crippen LogP) is 3.16. The van der Waals surface area contributed by atoms with Crippen LogP contribution in [0, 0.1) is 13.8 Å². The van der Waals surface area contributed by atoms with Crippen LogP contribution in [-0.4, -0.2) is 47.7 Å². The number of benzene rings is 1. The number of aryl methyl sites for hydroxylation is 2. The average Bonchev–Trinajstić information content (AvgIpc) is 3.02. The molecule has 2 heterocycles. The van der Waals surface area contributed by atoms with E-state index in [2.05, 4.69) is 65.6 Å². The van der Waals surface area contributed by atoms with Gasteiger partial charge in [-0.1, -0.05) is 24.3 Å². The van der Waals surface area contributed by atoms with Gasteiger partial charge in [0.1, 0.15) is 5.76 Å². The van der Waals surface area contributed by atoms with Gasteiger partial charge in [-0.25, -0.2) is 9.98 Å². The van der Waals surface area contributed by atoms with Crippen LogP contribution in [0.5, 0.6) is 0 Å². The Hall–Kier alpha value is -2.38. The molecule has 1 aromatic heterocycles. The third-order valence-corrected chi connectivity index (χ3v) is 5.17. The normalized spacial score (nSPS) is 20.4. The fourth-order valence-electron chi connectivity index (χ4n) is 3.71.